The fraction of sp³-hybridized carbons (Fsp3) is 0.250. The predicted molar refractivity (Wildman–Crippen MR) is 70.8 cm³/mol. The lowest BCUT2D eigenvalue weighted by Gasteiger charge is -2.07. The molecule has 1 heteroatoms. The Morgan fingerprint density at radius 2 is 1.00 bits per heavy atom. The molecule has 0 saturated carbocycles. The molecule has 1 nitrogen and oxygen atoms in total. The first-order valence-corrected chi connectivity index (χ1v) is 6.28. The van der Waals surface area contributed by atoms with Crippen molar-refractivity contribution in [2.24, 2.45) is 0 Å². The Balaban J connectivity index is 1.94. The van der Waals surface area contributed by atoms with Crippen LogP contribution in [0.2, 0.25) is 0 Å². The highest BCUT2D eigenvalue weighted by molar-refractivity contribution is 5.32. The highest BCUT2D eigenvalue weighted by Gasteiger charge is 2.08. The molecule has 0 spiro atoms. The van der Waals surface area contributed by atoms with Crippen molar-refractivity contribution in [3.05, 3.63) is 70.8 Å². The summed E-state index contributed by atoms with van der Waals surface area (Å²) in [5.74, 6) is 0. The second-order valence-corrected chi connectivity index (χ2v) is 4.64. The van der Waals surface area contributed by atoms with Gasteiger partial charge in [0.1, 0.15) is 0 Å². The molecule has 0 bridgehead atoms. The zero-order valence-electron chi connectivity index (χ0n) is 9.95. The predicted octanol–water partition coefficient (Wildman–Crippen LogP) is 3.08. The van der Waals surface area contributed by atoms with Crippen molar-refractivity contribution >= 4 is 0 Å². The summed E-state index contributed by atoms with van der Waals surface area (Å²) in [6.07, 6.45) is 2.30. The molecule has 0 amide bonds. The minimum atomic E-state index is 0.977. The highest BCUT2D eigenvalue weighted by Crippen LogP contribution is 2.17. The molecule has 0 radical (unpaired) electrons. The second-order valence-electron chi connectivity index (χ2n) is 4.64. The summed E-state index contributed by atoms with van der Waals surface area (Å²) < 4.78 is 0. The zero-order chi connectivity index (χ0) is 11.5. The molecule has 86 valence electrons. The molecule has 0 aliphatic carbocycles. The van der Waals surface area contributed by atoms with Gasteiger partial charge in [0.2, 0.25) is 0 Å². The maximum Gasteiger partial charge on any atom is 0.0211 e. The van der Waals surface area contributed by atoms with Crippen LogP contribution >= 0.6 is 0 Å². The lowest BCUT2D eigenvalue weighted by molar-refractivity contribution is 0.691. The van der Waals surface area contributed by atoms with E-state index in [-0.39, 0.29) is 0 Å². The van der Waals surface area contributed by atoms with Crippen LogP contribution in [0.3, 0.4) is 0 Å². The van der Waals surface area contributed by atoms with E-state index in [0.717, 1.165) is 25.9 Å². The van der Waals surface area contributed by atoms with Gasteiger partial charge in [-0.3, -0.25) is 0 Å². The first kappa shape index (κ1) is 10.5. The van der Waals surface area contributed by atoms with Crippen molar-refractivity contribution in [2.75, 3.05) is 0 Å². The van der Waals surface area contributed by atoms with Crippen LogP contribution < -0.4 is 5.32 Å². The summed E-state index contributed by atoms with van der Waals surface area (Å²) in [4.78, 5) is 0. The van der Waals surface area contributed by atoms with Gasteiger partial charge in [-0.05, 0) is 35.1 Å². The van der Waals surface area contributed by atoms with Gasteiger partial charge in [-0.1, -0.05) is 48.5 Å². The largest absolute Gasteiger partial charge is 0.309 e. The molecule has 0 fully saturated rings. The SMILES string of the molecule is c1ccc2c(c1)CCc1ccccc1CNC2. The van der Waals surface area contributed by atoms with Crippen molar-refractivity contribution in [3.63, 3.8) is 0 Å². The molecule has 17 heavy (non-hydrogen) atoms. The fourth-order valence-electron chi connectivity index (χ4n) is 2.55. The maximum atomic E-state index is 3.54. The summed E-state index contributed by atoms with van der Waals surface area (Å²) in [6, 6.07) is 17.5. The van der Waals surface area contributed by atoms with Crippen LogP contribution in [0.15, 0.2) is 48.5 Å². The van der Waals surface area contributed by atoms with E-state index in [1.54, 1.807) is 0 Å². The molecule has 1 heterocycles. The third kappa shape index (κ3) is 2.25. The number of nitrogens with one attached hydrogen (secondary N) is 1. The first-order chi connectivity index (χ1) is 8.43. The third-order valence-corrected chi connectivity index (χ3v) is 3.53. The maximum absolute atomic E-state index is 3.54. The summed E-state index contributed by atoms with van der Waals surface area (Å²) in [6.45, 7) is 1.95. The van der Waals surface area contributed by atoms with Crippen molar-refractivity contribution in [3.8, 4) is 0 Å². The number of hydrogen-bond donors (Lipinski definition) is 1. The molecule has 0 aromatic heterocycles. The van der Waals surface area contributed by atoms with Crippen LogP contribution in [0.5, 0.6) is 0 Å². The Labute approximate surface area is 102 Å². The van der Waals surface area contributed by atoms with E-state index in [4.69, 9.17) is 0 Å². The van der Waals surface area contributed by atoms with Crippen LogP contribution in [0.1, 0.15) is 22.3 Å². The number of hydrogen-bond acceptors (Lipinski definition) is 1. The normalized spacial score (nSPS) is 15.1. The molecular weight excluding hydrogens is 206 g/mol. The molecule has 3 rings (SSSR count). The standard InChI is InChI=1S/C16H17N/c1-3-7-15-11-17-12-16-8-4-2-6-14(16)10-9-13(15)5-1/h1-8,17H,9-12H2. The van der Waals surface area contributed by atoms with Gasteiger partial charge >= 0.3 is 0 Å². The average molecular weight is 223 g/mol. The number of rotatable bonds is 0. The van der Waals surface area contributed by atoms with Crippen LogP contribution in [0, 0.1) is 0 Å². The number of benzene rings is 2. The molecular formula is C16H17N. The van der Waals surface area contributed by atoms with Gasteiger partial charge in [-0.2, -0.15) is 0 Å². The first-order valence-electron chi connectivity index (χ1n) is 6.28. The van der Waals surface area contributed by atoms with Crippen molar-refractivity contribution < 1.29 is 0 Å². The Hall–Kier alpha value is -1.60. The summed E-state index contributed by atoms with van der Waals surface area (Å²) in [7, 11) is 0. The van der Waals surface area contributed by atoms with Crippen LogP contribution in [-0.2, 0) is 25.9 Å². The van der Waals surface area contributed by atoms with Gasteiger partial charge < -0.3 is 5.32 Å². The van der Waals surface area contributed by atoms with E-state index >= 15 is 0 Å². The van der Waals surface area contributed by atoms with Crippen LogP contribution in [-0.4, -0.2) is 0 Å². The molecule has 0 atom stereocenters. The Kier molecular flexibility index (Phi) is 2.93. The Bertz CT molecular complexity index is 469. The molecule has 2 aromatic rings. The van der Waals surface area contributed by atoms with Crippen molar-refractivity contribution in [1.29, 1.82) is 0 Å². The van der Waals surface area contributed by atoms with Gasteiger partial charge in [-0.25, -0.2) is 0 Å². The van der Waals surface area contributed by atoms with E-state index in [9.17, 15) is 0 Å². The molecule has 1 aliphatic rings. The minimum Gasteiger partial charge on any atom is -0.309 e. The van der Waals surface area contributed by atoms with Crippen LogP contribution in [0.4, 0.5) is 0 Å². The van der Waals surface area contributed by atoms with Gasteiger partial charge in [-0.15, -0.1) is 0 Å². The number of fused-ring (bicyclic) bond motifs is 2. The number of aryl methyl sites for hydroxylation is 2. The van der Waals surface area contributed by atoms with Gasteiger partial charge in [0, 0.05) is 13.1 Å². The molecule has 0 unspecified atom stereocenters. The Morgan fingerprint density at radius 3 is 1.47 bits per heavy atom. The smallest absolute Gasteiger partial charge is 0.0211 e. The van der Waals surface area contributed by atoms with E-state index in [0.29, 0.717) is 0 Å². The zero-order valence-corrected chi connectivity index (χ0v) is 9.95. The van der Waals surface area contributed by atoms with Gasteiger partial charge in [0.15, 0.2) is 0 Å². The molecule has 0 saturated heterocycles. The Morgan fingerprint density at radius 1 is 0.588 bits per heavy atom. The second kappa shape index (κ2) is 4.72. The van der Waals surface area contributed by atoms with Crippen LogP contribution in [0.25, 0.3) is 0 Å². The average Bonchev–Trinajstić information content (AvgIpc) is 2.47. The fourth-order valence-corrected chi connectivity index (χ4v) is 2.55. The van der Waals surface area contributed by atoms with Gasteiger partial charge in [0.25, 0.3) is 0 Å². The van der Waals surface area contributed by atoms with Crippen molar-refractivity contribution in [2.45, 2.75) is 25.9 Å². The topological polar surface area (TPSA) is 12.0 Å². The molecule has 1 N–H and O–H groups in total. The molecule has 2 aromatic carbocycles. The summed E-state index contributed by atoms with van der Waals surface area (Å²) in [5.41, 5.74) is 5.86. The highest BCUT2D eigenvalue weighted by atomic mass is 14.8. The van der Waals surface area contributed by atoms with E-state index in [2.05, 4.69) is 53.8 Å². The van der Waals surface area contributed by atoms with E-state index in [1.165, 1.54) is 22.3 Å². The lowest BCUT2D eigenvalue weighted by Crippen LogP contribution is -2.13. The van der Waals surface area contributed by atoms with Gasteiger partial charge in [0.05, 0.1) is 0 Å². The van der Waals surface area contributed by atoms with Crippen molar-refractivity contribution in [1.82, 2.24) is 5.32 Å². The third-order valence-electron chi connectivity index (χ3n) is 3.53. The molecule has 1 aliphatic heterocycles. The quantitative estimate of drug-likeness (QED) is 0.723. The summed E-state index contributed by atoms with van der Waals surface area (Å²) >= 11 is 0. The van der Waals surface area contributed by atoms with E-state index < -0.39 is 0 Å². The monoisotopic (exact) mass is 223 g/mol. The summed E-state index contributed by atoms with van der Waals surface area (Å²) in [5, 5.41) is 3.54. The minimum absolute atomic E-state index is 0.977. The van der Waals surface area contributed by atoms with E-state index in [1.807, 2.05) is 0 Å². The lowest BCUT2D eigenvalue weighted by atomic mass is 9.98.